The molecule has 1 atom stereocenters. The summed E-state index contributed by atoms with van der Waals surface area (Å²) in [6.07, 6.45) is 0.323. The summed E-state index contributed by atoms with van der Waals surface area (Å²) >= 11 is 0. The van der Waals surface area contributed by atoms with Crippen molar-refractivity contribution < 1.29 is 19.1 Å². The van der Waals surface area contributed by atoms with Crippen LogP contribution >= 0.6 is 0 Å². The van der Waals surface area contributed by atoms with Gasteiger partial charge in [0.1, 0.15) is 12.7 Å². The highest BCUT2D eigenvalue weighted by Gasteiger charge is 2.09. The summed E-state index contributed by atoms with van der Waals surface area (Å²) in [6, 6.07) is 0. The van der Waals surface area contributed by atoms with E-state index in [-0.39, 0.29) is 54.4 Å². The molecule has 0 N–H and O–H groups in total. The Morgan fingerprint density at radius 2 is 1.35 bits per heavy atom. The summed E-state index contributed by atoms with van der Waals surface area (Å²) in [5.74, 6) is -0.556. The molecule has 0 fully saturated rings. The molecule has 0 aromatic heterocycles. The van der Waals surface area contributed by atoms with E-state index in [0.29, 0.717) is 12.8 Å². The molecule has 0 saturated heterocycles. The Morgan fingerprint density at radius 1 is 0.941 bits per heavy atom. The molecule has 0 spiro atoms. The van der Waals surface area contributed by atoms with Gasteiger partial charge < -0.3 is 9.47 Å². The summed E-state index contributed by atoms with van der Waals surface area (Å²) in [7, 11) is 0. The third kappa shape index (κ3) is 17.5. The van der Waals surface area contributed by atoms with Crippen LogP contribution in [-0.2, 0) is 19.1 Å². The fourth-order valence-corrected chi connectivity index (χ4v) is 0.654. The normalized spacial score (nSPS) is 9.12. The van der Waals surface area contributed by atoms with E-state index in [4.69, 9.17) is 9.47 Å². The predicted molar refractivity (Wildman–Crippen MR) is 74.0 cm³/mol. The van der Waals surface area contributed by atoms with E-state index in [9.17, 15) is 9.59 Å². The van der Waals surface area contributed by atoms with Gasteiger partial charge in [-0.3, -0.25) is 9.59 Å². The molecule has 0 aliphatic rings. The standard InChI is InChI=1S/C9H16O4.4CH4/c1-4-8(10)12-6-7(3)13-9(11)5-2;;;;/h7H,4-6H2,1-3H3;4*1H4. The zero-order chi connectivity index (χ0) is 10.3. The average Bonchev–Trinajstić information content (AvgIpc) is 2.13. The number of hydrogen-bond donors (Lipinski definition) is 0. The van der Waals surface area contributed by atoms with Crippen molar-refractivity contribution in [2.45, 2.75) is 69.4 Å². The molecule has 0 rings (SSSR count). The second-order valence-corrected chi connectivity index (χ2v) is 2.69. The van der Waals surface area contributed by atoms with Gasteiger partial charge in [0, 0.05) is 12.8 Å². The van der Waals surface area contributed by atoms with Crippen molar-refractivity contribution in [2.24, 2.45) is 0 Å². The van der Waals surface area contributed by atoms with Gasteiger partial charge in [0.15, 0.2) is 0 Å². The molecule has 0 saturated carbocycles. The van der Waals surface area contributed by atoms with Crippen LogP contribution in [0, 0.1) is 0 Å². The highest BCUT2D eigenvalue weighted by atomic mass is 16.6. The van der Waals surface area contributed by atoms with Crippen molar-refractivity contribution in [1.29, 1.82) is 0 Å². The third-order valence-corrected chi connectivity index (χ3v) is 1.39. The molecule has 17 heavy (non-hydrogen) atoms. The van der Waals surface area contributed by atoms with Crippen LogP contribution in [-0.4, -0.2) is 24.6 Å². The molecule has 0 amide bonds. The molecule has 108 valence electrons. The van der Waals surface area contributed by atoms with Gasteiger partial charge in [0.2, 0.25) is 0 Å². The van der Waals surface area contributed by atoms with E-state index in [1.165, 1.54) is 0 Å². The Morgan fingerprint density at radius 3 is 1.71 bits per heavy atom. The fourth-order valence-electron chi connectivity index (χ4n) is 0.654. The number of hydrogen-bond acceptors (Lipinski definition) is 4. The minimum Gasteiger partial charge on any atom is -0.462 e. The first kappa shape index (κ1) is 29.7. The van der Waals surface area contributed by atoms with Crippen molar-refractivity contribution in [2.75, 3.05) is 6.61 Å². The Kier molecular flexibility index (Phi) is 30.3. The second-order valence-electron chi connectivity index (χ2n) is 2.69. The van der Waals surface area contributed by atoms with Crippen LogP contribution in [0.4, 0.5) is 0 Å². The maximum Gasteiger partial charge on any atom is 0.305 e. The molecule has 4 nitrogen and oxygen atoms in total. The number of rotatable bonds is 5. The first-order chi connectivity index (χ1) is 6.10. The van der Waals surface area contributed by atoms with Crippen LogP contribution < -0.4 is 0 Å². The predicted octanol–water partition coefficient (Wildman–Crippen LogP) is 3.83. The van der Waals surface area contributed by atoms with E-state index in [0.717, 1.165) is 0 Å². The lowest BCUT2D eigenvalue weighted by Crippen LogP contribution is -2.21. The highest BCUT2D eigenvalue weighted by molar-refractivity contribution is 5.69. The first-order valence-corrected chi connectivity index (χ1v) is 4.45. The van der Waals surface area contributed by atoms with E-state index in [2.05, 4.69) is 0 Å². The molecular weight excluding hydrogens is 220 g/mol. The van der Waals surface area contributed by atoms with E-state index in [1.807, 2.05) is 0 Å². The fraction of sp³-hybridized carbons (Fsp3) is 0.846. The van der Waals surface area contributed by atoms with Crippen LogP contribution in [0.15, 0.2) is 0 Å². The van der Waals surface area contributed by atoms with Gasteiger partial charge in [0.05, 0.1) is 0 Å². The molecule has 0 aliphatic heterocycles. The number of esters is 2. The van der Waals surface area contributed by atoms with E-state index >= 15 is 0 Å². The van der Waals surface area contributed by atoms with Crippen LogP contribution in [0.25, 0.3) is 0 Å². The molecular formula is C13H32O4. The lowest BCUT2D eigenvalue weighted by atomic mass is 10.4. The van der Waals surface area contributed by atoms with Crippen LogP contribution in [0.3, 0.4) is 0 Å². The summed E-state index contributed by atoms with van der Waals surface area (Å²) in [4.78, 5) is 21.5. The lowest BCUT2D eigenvalue weighted by Gasteiger charge is -2.12. The maximum absolute atomic E-state index is 10.8. The first-order valence-electron chi connectivity index (χ1n) is 4.45. The second kappa shape index (κ2) is 17.3. The summed E-state index contributed by atoms with van der Waals surface area (Å²) < 4.78 is 9.66. The van der Waals surface area contributed by atoms with Crippen LogP contribution in [0.1, 0.15) is 63.3 Å². The zero-order valence-electron chi connectivity index (χ0n) is 8.33. The Balaban J connectivity index is -0.000000120. The number of carbonyl (C=O) groups is 2. The molecule has 1 unspecified atom stereocenters. The summed E-state index contributed by atoms with van der Waals surface area (Å²) in [6.45, 7) is 5.26. The number of ether oxygens (including phenoxy) is 2. The minimum absolute atomic E-state index is 0. The number of carbonyl (C=O) groups excluding carboxylic acids is 2. The van der Waals surface area contributed by atoms with Crippen molar-refractivity contribution >= 4 is 11.9 Å². The SMILES string of the molecule is C.C.C.C.CCC(=O)OCC(C)OC(=O)CC. The molecule has 0 heterocycles. The topological polar surface area (TPSA) is 52.6 Å². The molecule has 0 aromatic rings. The molecule has 4 heteroatoms. The zero-order valence-corrected chi connectivity index (χ0v) is 8.33. The van der Waals surface area contributed by atoms with Gasteiger partial charge in [-0.15, -0.1) is 0 Å². The van der Waals surface area contributed by atoms with Gasteiger partial charge in [-0.1, -0.05) is 43.6 Å². The van der Waals surface area contributed by atoms with Gasteiger partial charge in [0.25, 0.3) is 0 Å². The van der Waals surface area contributed by atoms with Gasteiger partial charge >= 0.3 is 11.9 Å². The minimum atomic E-state index is -0.358. The highest BCUT2D eigenvalue weighted by Crippen LogP contribution is 1.96. The Hall–Kier alpha value is -1.06. The molecule has 0 aromatic carbocycles. The Bertz CT molecular complexity index is 178. The molecule has 0 bridgehead atoms. The van der Waals surface area contributed by atoms with E-state index < -0.39 is 0 Å². The van der Waals surface area contributed by atoms with Crippen molar-refractivity contribution in [3.63, 3.8) is 0 Å². The van der Waals surface area contributed by atoms with Crippen molar-refractivity contribution in [3.8, 4) is 0 Å². The Labute approximate surface area is 108 Å². The van der Waals surface area contributed by atoms with Crippen LogP contribution in [0.2, 0.25) is 0 Å². The average molecular weight is 252 g/mol. The smallest absolute Gasteiger partial charge is 0.305 e. The van der Waals surface area contributed by atoms with Crippen molar-refractivity contribution in [3.05, 3.63) is 0 Å². The van der Waals surface area contributed by atoms with Crippen LogP contribution in [0.5, 0.6) is 0 Å². The van der Waals surface area contributed by atoms with Gasteiger partial charge in [-0.05, 0) is 6.92 Å². The summed E-state index contributed by atoms with van der Waals surface area (Å²) in [5, 5.41) is 0. The third-order valence-electron chi connectivity index (χ3n) is 1.39. The monoisotopic (exact) mass is 252 g/mol. The summed E-state index contributed by atoms with van der Waals surface area (Å²) in [5.41, 5.74) is 0. The largest absolute Gasteiger partial charge is 0.462 e. The molecule has 0 aliphatic carbocycles. The van der Waals surface area contributed by atoms with Crippen molar-refractivity contribution in [1.82, 2.24) is 0 Å². The van der Waals surface area contributed by atoms with Gasteiger partial charge in [-0.25, -0.2) is 0 Å². The maximum atomic E-state index is 10.8. The lowest BCUT2D eigenvalue weighted by molar-refractivity contribution is -0.157. The van der Waals surface area contributed by atoms with E-state index in [1.54, 1.807) is 20.8 Å². The molecule has 0 radical (unpaired) electrons. The van der Waals surface area contributed by atoms with Gasteiger partial charge in [-0.2, -0.15) is 0 Å². The quantitative estimate of drug-likeness (QED) is 0.698.